The SMILES string of the molecule is CCCCCc1cccc2cnnn12. The molecule has 2 aromatic rings. The van der Waals surface area contributed by atoms with Crippen molar-refractivity contribution in [2.75, 3.05) is 0 Å². The molecular weight excluding hydrogens is 174 g/mol. The van der Waals surface area contributed by atoms with Crippen molar-refractivity contribution < 1.29 is 0 Å². The van der Waals surface area contributed by atoms with Gasteiger partial charge in [0.1, 0.15) is 0 Å². The second kappa shape index (κ2) is 4.22. The van der Waals surface area contributed by atoms with Crippen LogP contribution in [0.5, 0.6) is 0 Å². The van der Waals surface area contributed by atoms with Crippen molar-refractivity contribution in [1.82, 2.24) is 14.8 Å². The van der Waals surface area contributed by atoms with E-state index >= 15 is 0 Å². The van der Waals surface area contributed by atoms with E-state index in [4.69, 9.17) is 0 Å². The van der Waals surface area contributed by atoms with E-state index in [1.54, 1.807) is 6.20 Å². The monoisotopic (exact) mass is 189 g/mol. The van der Waals surface area contributed by atoms with Gasteiger partial charge < -0.3 is 0 Å². The first kappa shape index (κ1) is 9.19. The van der Waals surface area contributed by atoms with Crippen LogP contribution in [0.2, 0.25) is 0 Å². The summed E-state index contributed by atoms with van der Waals surface area (Å²) in [7, 11) is 0. The lowest BCUT2D eigenvalue weighted by atomic mass is 10.1. The Morgan fingerprint density at radius 1 is 1.29 bits per heavy atom. The average Bonchev–Trinajstić information content (AvgIpc) is 2.67. The highest BCUT2D eigenvalue weighted by Crippen LogP contribution is 2.08. The van der Waals surface area contributed by atoms with Gasteiger partial charge >= 0.3 is 0 Å². The van der Waals surface area contributed by atoms with E-state index in [9.17, 15) is 0 Å². The third-order valence-electron chi connectivity index (χ3n) is 2.44. The Morgan fingerprint density at radius 3 is 3.07 bits per heavy atom. The lowest BCUT2D eigenvalue weighted by Gasteiger charge is -2.02. The summed E-state index contributed by atoms with van der Waals surface area (Å²) in [6.07, 6.45) is 6.66. The van der Waals surface area contributed by atoms with Crippen LogP contribution in [0.3, 0.4) is 0 Å². The number of fused-ring (bicyclic) bond motifs is 1. The molecule has 3 heteroatoms. The van der Waals surface area contributed by atoms with E-state index in [-0.39, 0.29) is 0 Å². The molecule has 0 N–H and O–H groups in total. The summed E-state index contributed by atoms with van der Waals surface area (Å²) in [6, 6.07) is 6.22. The number of rotatable bonds is 4. The van der Waals surface area contributed by atoms with Crippen LogP contribution < -0.4 is 0 Å². The Hall–Kier alpha value is -1.38. The van der Waals surface area contributed by atoms with Crippen molar-refractivity contribution in [3.05, 3.63) is 30.1 Å². The molecule has 2 rings (SSSR count). The number of hydrogen-bond acceptors (Lipinski definition) is 2. The highest BCUT2D eigenvalue weighted by Gasteiger charge is 2.00. The predicted octanol–water partition coefficient (Wildman–Crippen LogP) is 2.46. The third kappa shape index (κ3) is 1.76. The van der Waals surface area contributed by atoms with E-state index in [1.165, 1.54) is 25.0 Å². The minimum atomic E-state index is 1.08. The van der Waals surface area contributed by atoms with E-state index in [0.717, 1.165) is 11.9 Å². The zero-order valence-electron chi connectivity index (χ0n) is 8.48. The molecule has 3 nitrogen and oxygen atoms in total. The molecule has 0 aliphatic rings. The van der Waals surface area contributed by atoms with Crippen LogP contribution in [0, 0.1) is 0 Å². The molecule has 0 radical (unpaired) electrons. The number of hydrogen-bond donors (Lipinski definition) is 0. The summed E-state index contributed by atoms with van der Waals surface area (Å²) in [5, 5.41) is 7.97. The van der Waals surface area contributed by atoms with Crippen molar-refractivity contribution in [1.29, 1.82) is 0 Å². The number of unbranched alkanes of at least 4 members (excludes halogenated alkanes) is 2. The van der Waals surface area contributed by atoms with Gasteiger partial charge in [0.05, 0.1) is 11.7 Å². The highest BCUT2D eigenvalue weighted by molar-refractivity contribution is 5.43. The largest absolute Gasteiger partial charge is 0.218 e. The molecule has 2 aromatic heterocycles. The predicted molar refractivity (Wildman–Crippen MR) is 56.2 cm³/mol. The molecule has 0 bridgehead atoms. The molecule has 0 atom stereocenters. The minimum Gasteiger partial charge on any atom is -0.218 e. The van der Waals surface area contributed by atoms with Gasteiger partial charge in [-0.05, 0) is 25.0 Å². The first-order valence-electron chi connectivity index (χ1n) is 5.20. The molecule has 0 spiro atoms. The molecule has 74 valence electrons. The first-order chi connectivity index (χ1) is 6.92. The second-order valence-electron chi connectivity index (χ2n) is 3.54. The summed E-state index contributed by atoms with van der Waals surface area (Å²) in [5.41, 5.74) is 2.34. The summed E-state index contributed by atoms with van der Waals surface area (Å²) < 4.78 is 1.93. The van der Waals surface area contributed by atoms with Gasteiger partial charge in [-0.15, -0.1) is 5.10 Å². The fourth-order valence-electron chi connectivity index (χ4n) is 1.65. The standard InChI is InChI=1S/C11H15N3/c1-2-3-4-6-10-7-5-8-11-9-12-13-14(10)11/h5,7-9H,2-4,6H2,1H3. The van der Waals surface area contributed by atoms with Gasteiger partial charge in [0, 0.05) is 5.69 Å². The smallest absolute Gasteiger partial charge is 0.0868 e. The number of nitrogens with zero attached hydrogens (tertiary/aromatic N) is 3. The minimum absolute atomic E-state index is 1.08. The molecule has 0 unspecified atom stereocenters. The Kier molecular flexibility index (Phi) is 2.77. The maximum atomic E-state index is 4.06. The number of aromatic nitrogens is 3. The molecule has 0 amide bonds. The van der Waals surface area contributed by atoms with Crippen LogP contribution >= 0.6 is 0 Å². The van der Waals surface area contributed by atoms with Gasteiger partial charge in [-0.25, -0.2) is 4.52 Å². The summed E-state index contributed by atoms with van der Waals surface area (Å²) in [4.78, 5) is 0. The second-order valence-corrected chi connectivity index (χ2v) is 3.54. The normalized spacial score (nSPS) is 10.9. The van der Waals surface area contributed by atoms with Crippen LogP contribution in [-0.4, -0.2) is 14.8 Å². The summed E-state index contributed by atoms with van der Waals surface area (Å²) >= 11 is 0. The van der Waals surface area contributed by atoms with Crippen LogP contribution in [0.4, 0.5) is 0 Å². The van der Waals surface area contributed by atoms with E-state index in [2.05, 4.69) is 29.4 Å². The molecule has 0 fully saturated rings. The van der Waals surface area contributed by atoms with Crippen molar-refractivity contribution in [2.45, 2.75) is 32.6 Å². The molecule has 0 aliphatic heterocycles. The van der Waals surface area contributed by atoms with Crippen molar-refractivity contribution in [2.24, 2.45) is 0 Å². The quantitative estimate of drug-likeness (QED) is 0.691. The van der Waals surface area contributed by atoms with Crippen molar-refractivity contribution in [3.8, 4) is 0 Å². The Labute approximate surface area is 83.8 Å². The van der Waals surface area contributed by atoms with E-state index in [1.807, 2.05) is 10.6 Å². The fraction of sp³-hybridized carbons (Fsp3) is 0.455. The Balaban J connectivity index is 2.19. The average molecular weight is 189 g/mol. The van der Waals surface area contributed by atoms with E-state index < -0.39 is 0 Å². The third-order valence-corrected chi connectivity index (χ3v) is 2.44. The van der Waals surface area contributed by atoms with E-state index in [0.29, 0.717) is 0 Å². The first-order valence-corrected chi connectivity index (χ1v) is 5.20. The maximum absolute atomic E-state index is 4.06. The molecule has 0 aromatic carbocycles. The van der Waals surface area contributed by atoms with Gasteiger partial charge in [-0.3, -0.25) is 0 Å². The maximum Gasteiger partial charge on any atom is 0.0868 e. The lowest BCUT2D eigenvalue weighted by Crippen LogP contribution is -1.98. The summed E-state index contributed by atoms with van der Waals surface area (Å²) in [6.45, 7) is 2.22. The van der Waals surface area contributed by atoms with Gasteiger partial charge in [-0.1, -0.05) is 31.0 Å². The highest BCUT2D eigenvalue weighted by atomic mass is 15.4. The van der Waals surface area contributed by atoms with Gasteiger partial charge in [0.2, 0.25) is 0 Å². The summed E-state index contributed by atoms with van der Waals surface area (Å²) in [5.74, 6) is 0. The molecule has 0 saturated carbocycles. The van der Waals surface area contributed by atoms with Crippen molar-refractivity contribution >= 4 is 5.52 Å². The van der Waals surface area contributed by atoms with Gasteiger partial charge in [0.15, 0.2) is 0 Å². The van der Waals surface area contributed by atoms with Gasteiger partial charge in [-0.2, -0.15) is 0 Å². The molecule has 0 saturated heterocycles. The van der Waals surface area contributed by atoms with Crippen LogP contribution in [0.1, 0.15) is 31.9 Å². The Morgan fingerprint density at radius 2 is 2.21 bits per heavy atom. The van der Waals surface area contributed by atoms with Crippen LogP contribution in [0.15, 0.2) is 24.4 Å². The number of pyridine rings is 1. The van der Waals surface area contributed by atoms with Gasteiger partial charge in [0.25, 0.3) is 0 Å². The molecule has 0 aliphatic carbocycles. The molecule has 14 heavy (non-hydrogen) atoms. The number of aryl methyl sites for hydroxylation is 1. The lowest BCUT2D eigenvalue weighted by molar-refractivity contribution is 0.683. The fourth-order valence-corrected chi connectivity index (χ4v) is 1.65. The zero-order valence-corrected chi connectivity index (χ0v) is 8.48. The van der Waals surface area contributed by atoms with Crippen molar-refractivity contribution in [3.63, 3.8) is 0 Å². The topological polar surface area (TPSA) is 30.2 Å². The Bertz CT molecular complexity index is 406. The molecule has 2 heterocycles. The molecular formula is C11H15N3. The van der Waals surface area contributed by atoms with Crippen LogP contribution in [0.25, 0.3) is 5.52 Å². The van der Waals surface area contributed by atoms with Crippen LogP contribution in [-0.2, 0) is 6.42 Å². The zero-order chi connectivity index (χ0) is 9.80.